The van der Waals surface area contributed by atoms with Crippen LogP contribution >= 0.6 is 0 Å². The lowest BCUT2D eigenvalue weighted by Crippen LogP contribution is -1.61. The third kappa shape index (κ3) is 1.20. The minimum Gasteiger partial charge on any atom is -0.445 e. The zero-order valence-corrected chi connectivity index (χ0v) is 4.29. The molecular weight excluding hydrogens is 106 g/mol. The molecular formula is C5H7NO2. The number of aromatic nitrogens is 1. The zero-order chi connectivity index (χ0) is 5.11. The quantitative estimate of drug-likeness (QED) is 0.532. The van der Waals surface area contributed by atoms with Gasteiger partial charge in [-0.3, -0.25) is 0 Å². The molecule has 3 nitrogen and oxygen atoms in total. The van der Waals surface area contributed by atoms with Gasteiger partial charge in [-0.15, -0.1) is 0 Å². The van der Waals surface area contributed by atoms with Gasteiger partial charge < -0.3 is 9.89 Å². The number of rotatable bonds is 1. The van der Waals surface area contributed by atoms with Crippen LogP contribution in [0.5, 0.6) is 0 Å². The smallest absolute Gasteiger partial charge is 0.217 e. The SMILES string of the molecule is C=Cc1ncco1.O. The van der Waals surface area contributed by atoms with Gasteiger partial charge in [-0.25, -0.2) is 4.98 Å². The molecule has 1 rings (SSSR count). The van der Waals surface area contributed by atoms with E-state index in [-0.39, 0.29) is 5.48 Å². The highest BCUT2D eigenvalue weighted by atomic mass is 16.3. The van der Waals surface area contributed by atoms with Crippen molar-refractivity contribution in [3.63, 3.8) is 0 Å². The fraction of sp³-hybridized carbons (Fsp3) is 0. The monoisotopic (exact) mass is 113 g/mol. The maximum Gasteiger partial charge on any atom is 0.217 e. The summed E-state index contributed by atoms with van der Waals surface area (Å²) >= 11 is 0. The molecule has 0 aromatic carbocycles. The van der Waals surface area contributed by atoms with Crippen molar-refractivity contribution in [1.29, 1.82) is 0 Å². The number of nitrogens with zero attached hydrogens (tertiary/aromatic N) is 1. The lowest BCUT2D eigenvalue weighted by molar-refractivity contribution is 0.546. The Morgan fingerprint density at radius 3 is 2.75 bits per heavy atom. The van der Waals surface area contributed by atoms with Crippen LogP contribution in [0, 0.1) is 0 Å². The van der Waals surface area contributed by atoms with Crippen molar-refractivity contribution < 1.29 is 9.89 Å². The highest BCUT2D eigenvalue weighted by molar-refractivity contribution is 5.32. The molecule has 0 aliphatic heterocycles. The van der Waals surface area contributed by atoms with E-state index >= 15 is 0 Å². The van der Waals surface area contributed by atoms with E-state index in [1.807, 2.05) is 0 Å². The minimum atomic E-state index is 0. The predicted molar refractivity (Wildman–Crippen MR) is 30.2 cm³/mol. The zero-order valence-electron chi connectivity index (χ0n) is 4.29. The molecule has 0 atom stereocenters. The second-order valence-electron chi connectivity index (χ2n) is 1.07. The summed E-state index contributed by atoms with van der Waals surface area (Å²) in [6.45, 7) is 3.45. The van der Waals surface area contributed by atoms with Crippen molar-refractivity contribution in [3.05, 3.63) is 24.9 Å². The van der Waals surface area contributed by atoms with E-state index in [0.717, 1.165) is 0 Å². The first-order chi connectivity index (χ1) is 3.43. The second kappa shape index (κ2) is 2.98. The highest BCUT2D eigenvalue weighted by Gasteiger charge is 1.81. The van der Waals surface area contributed by atoms with Crippen LogP contribution in [0.1, 0.15) is 5.89 Å². The summed E-state index contributed by atoms with van der Waals surface area (Å²) in [5, 5.41) is 0. The van der Waals surface area contributed by atoms with Crippen molar-refractivity contribution in [2.45, 2.75) is 0 Å². The molecule has 8 heavy (non-hydrogen) atoms. The normalized spacial score (nSPS) is 7.50. The molecule has 2 N–H and O–H groups in total. The van der Waals surface area contributed by atoms with Crippen LogP contribution < -0.4 is 0 Å². The number of oxazole rings is 1. The Labute approximate surface area is 47.0 Å². The third-order valence-electron chi connectivity index (χ3n) is 0.626. The molecule has 0 unspecified atom stereocenters. The van der Waals surface area contributed by atoms with Gasteiger partial charge in [0.2, 0.25) is 5.89 Å². The topological polar surface area (TPSA) is 57.5 Å². The average molecular weight is 113 g/mol. The van der Waals surface area contributed by atoms with Crippen molar-refractivity contribution in [3.8, 4) is 0 Å². The molecule has 0 saturated heterocycles. The summed E-state index contributed by atoms with van der Waals surface area (Å²) < 4.78 is 4.75. The molecule has 0 spiro atoms. The van der Waals surface area contributed by atoms with Crippen LogP contribution in [-0.2, 0) is 0 Å². The van der Waals surface area contributed by atoms with Crippen molar-refractivity contribution in [2.24, 2.45) is 0 Å². The second-order valence-corrected chi connectivity index (χ2v) is 1.07. The molecule has 44 valence electrons. The largest absolute Gasteiger partial charge is 0.445 e. The Bertz CT molecular complexity index is 145. The average Bonchev–Trinajstić information content (AvgIpc) is 2.14. The molecule has 1 aromatic heterocycles. The van der Waals surface area contributed by atoms with E-state index in [0.29, 0.717) is 5.89 Å². The maximum absolute atomic E-state index is 4.75. The standard InChI is InChI=1S/C5H5NO.H2O/c1-2-5-6-3-4-7-5;/h2-4H,1H2;1H2. The first-order valence-corrected chi connectivity index (χ1v) is 1.95. The summed E-state index contributed by atoms with van der Waals surface area (Å²) in [7, 11) is 0. The summed E-state index contributed by atoms with van der Waals surface area (Å²) in [6, 6.07) is 0. The van der Waals surface area contributed by atoms with Crippen LogP contribution in [0.15, 0.2) is 23.5 Å². The van der Waals surface area contributed by atoms with Crippen LogP contribution in [0.4, 0.5) is 0 Å². The van der Waals surface area contributed by atoms with E-state index < -0.39 is 0 Å². The van der Waals surface area contributed by atoms with Gasteiger partial charge in [0, 0.05) is 0 Å². The Morgan fingerprint density at radius 1 is 1.75 bits per heavy atom. The Balaban J connectivity index is 0.000000490. The van der Waals surface area contributed by atoms with Gasteiger partial charge in [0.05, 0.1) is 6.20 Å². The molecule has 0 radical (unpaired) electrons. The fourth-order valence-corrected chi connectivity index (χ4v) is 0.335. The lowest BCUT2D eigenvalue weighted by Gasteiger charge is -1.71. The van der Waals surface area contributed by atoms with Crippen LogP contribution in [0.25, 0.3) is 6.08 Å². The minimum absolute atomic E-state index is 0. The molecule has 0 bridgehead atoms. The van der Waals surface area contributed by atoms with Gasteiger partial charge in [-0.1, -0.05) is 6.58 Å². The molecule has 0 aliphatic rings. The van der Waals surface area contributed by atoms with E-state index in [9.17, 15) is 0 Å². The number of hydrogen-bond donors (Lipinski definition) is 0. The molecule has 3 heteroatoms. The first-order valence-electron chi connectivity index (χ1n) is 1.95. The maximum atomic E-state index is 4.75. The summed E-state index contributed by atoms with van der Waals surface area (Å²) in [6.07, 6.45) is 4.65. The molecule has 0 amide bonds. The van der Waals surface area contributed by atoms with Crippen LogP contribution in [0.2, 0.25) is 0 Å². The summed E-state index contributed by atoms with van der Waals surface area (Å²) in [5.41, 5.74) is 0. The van der Waals surface area contributed by atoms with Gasteiger partial charge in [-0.2, -0.15) is 0 Å². The Hall–Kier alpha value is -1.09. The molecule has 1 heterocycles. The Morgan fingerprint density at radius 2 is 2.50 bits per heavy atom. The molecule has 0 saturated carbocycles. The molecule has 0 fully saturated rings. The summed E-state index contributed by atoms with van der Waals surface area (Å²) in [5.74, 6) is 0.569. The predicted octanol–water partition coefficient (Wildman–Crippen LogP) is 0.493. The van der Waals surface area contributed by atoms with Crippen LogP contribution in [-0.4, -0.2) is 10.5 Å². The van der Waals surface area contributed by atoms with E-state index in [4.69, 9.17) is 4.42 Å². The van der Waals surface area contributed by atoms with Crippen LogP contribution in [0.3, 0.4) is 0 Å². The van der Waals surface area contributed by atoms with E-state index in [2.05, 4.69) is 11.6 Å². The van der Waals surface area contributed by atoms with Gasteiger partial charge in [-0.05, 0) is 6.08 Å². The van der Waals surface area contributed by atoms with Crippen molar-refractivity contribution >= 4 is 6.08 Å². The third-order valence-corrected chi connectivity index (χ3v) is 0.626. The fourth-order valence-electron chi connectivity index (χ4n) is 0.335. The Kier molecular flexibility index (Phi) is 2.58. The van der Waals surface area contributed by atoms with Gasteiger partial charge in [0.25, 0.3) is 0 Å². The van der Waals surface area contributed by atoms with E-state index in [1.165, 1.54) is 6.26 Å². The van der Waals surface area contributed by atoms with E-state index in [1.54, 1.807) is 12.3 Å². The summed E-state index contributed by atoms with van der Waals surface area (Å²) in [4.78, 5) is 3.75. The lowest BCUT2D eigenvalue weighted by atomic mass is 10.6. The van der Waals surface area contributed by atoms with Gasteiger partial charge in [0.15, 0.2) is 0 Å². The number of hydrogen-bond acceptors (Lipinski definition) is 2. The first kappa shape index (κ1) is 6.91. The van der Waals surface area contributed by atoms with Gasteiger partial charge in [0.1, 0.15) is 6.26 Å². The van der Waals surface area contributed by atoms with Crippen molar-refractivity contribution in [2.75, 3.05) is 0 Å². The molecule has 0 aliphatic carbocycles. The highest BCUT2D eigenvalue weighted by Crippen LogP contribution is 1.92. The van der Waals surface area contributed by atoms with Gasteiger partial charge >= 0.3 is 0 Å². The molecule has 1 aromatic rings. The van der Waals surface area contributed by atoms with Crippen molar-refractivity contribution in [1.82, 2.24) is 4.98 Å².